The number of ether oxygens (including phenoxy) is 1. The van der Waals surface area contributed by atoms with Crippen molar-refractivity contribution in [2.45, 2.75) is 59.2 Å². The van der Waals surface area contributed by atoms with Gasteiger partial charge in [-0.05, 0) is 31.1 Å². The van der Waals surface area contributed by atoms with Gasteiger partial charge in [0, 0.05) is 12.3 Å². The quantitative estimate of drug-likeness (QED) is 0.614. The lowest BCUT2D eigenvalue weighted by Gasteiger charge is -2.49. The minimum Gasteiger partial charge on any atom is -0.374 e. The van der Waals surface area contributed by atoms with Crippen molar-refractivity contribution in [2.24, 2.45) is 17.3 Å². The van der Waals surface area contributed by atoms with Crippen LogP contribution in [0.15, 0.2) is 0 Å². The average Bonchev–Trinajstić information content (AvgIpc) is 2.13. The largest absolute Gasteiger partial charge is 0.374 e. The van der Waals surface area contributed by atoms with Crippen molar-refractivity contribution in [3.05, 3.63) is 0 Å². The van der Waals surface area contributed by atoms with Crippen LogP contribution in [-0.2, 0) is 9.53 Å². The SMILES string of the molecule is CC1CCC2C(O1)C(C)C(=O)CC2(C)C. The van der Waals surface area contributed by atoms with Crippen LogP contribution in [0.4, 0.5) is 0 Å². The highest BCUT2D eigenvalue weighted by Gasteiger charge is 2.48. The van der Waals surface area contributed by atoms with Crippen LogP contribution in [0.2, 0.25) is 0 Å². The minimum atomic E-state index is 0.103. The number of carbonyl (C=O) groups excluding carboxylic acids is 1. The molecule has 86 valence electrons. The summed E-state index contributed by atoms with van der Waals surface area (Å²) in [6, 6.07) is 0. The van der Waals surface area contributed by atoms with Gasteiger partial charge in [0.1, 0.15) is 5.78 Å². The molecule has 0 bridgehead atoms. The molecule has 0 amide bonds. The van der Waals surface area contributed by atoms with E-state index in [1.165, 1.54) is 6.42 Å². The molecule has 1 saturated carbocycles. The number of fused-ring (bicyclic) bond motifs is 1. The highest BCUT2D eigenvalue weighted by atomic mass is 16.5. The number of rotatable bonds is 0. The summed E-state index contributed by atoms with van der Waals surface area (Å²) in [5.41, 5.74) is 0.133. The van der Waals surface area contributed by atoms with Crippen LogP contribution in [0.1, 0.15) is 47.0 Å². The summed E-state index contributed by atoms with van der Waals surface area (Å²) in [6.07, 6.45) is 3.59. The van der Waals surface area contributed by atoms with Gasteiger partial charge in [0.05, 0.1) is 12.2 Å². The van der Waals surface area contributed by atoms with E-state index >= 15 is 0 Å². The van der Waals surface area contributed by atoms with Gasteiger partial charge in [0.15, 0.2) is 0 Å². The highest BCUT2D eigenvalue weighted by molar-refractivity contribution is 5.83. The Morgan fingerprint density at radius 1 is 1.27 bits per heavy atom. The molecule has 0 radical (unpaired) electrons. The number of ketones is 1. The molecule has 1 saturated heterocycles. The van der Waals surface area contributed by atoms with E-state index in [1.807, 2.05) is 6.92 Å². The summed E-state index contributed by atoms with van der Waals surface area (Å²) in [5, 5.41) is 0. The molecular formula is C13H22O2. The molecule has 4 unspecified atom stereocenters. The van der Waals surface area contributed by atoms with Crippen LogP contribution < -0.4 is 0 Å². The van der Waals surface area contributed by atoms with Crippen LogP contribution in [0.5, 0.6) is 0 Å². The maximum Gasteiger partial charge on any atom is 0.138 e. The van der Waals surface area contributed by atoms with Gasteiger partial charge in [-0.1, -0.05) is 20.8 Å². The molecule has 1 heterocycles. The van der Waals surface area contributed by atoms with Crippen LogP contribution >= 0.6 is 0 Å². The zero-order chi connectivity index (χ0) is 11.2. The summed E-state index contributed by atoms with van der Waals surface area (Å²) in [7, 11) is 0. The van der Waals surface area contributed by atoms with Gasteiger partial charge in [-0.25, -0.2) is 0 Å². The normalized spacial score (nSPS) is 44.9. The molecule has 15 heavy (non-hydrogen) atoms. The van der Waals surface area contributed by atoms with Crippen LogP contribution in [0.25, 0.3) is 0 Å². The van der Waals surface area contributed by atoms with Crippen LogP contribution in [0.3, 0.4) is 0 Å². The predicted octanol–water partition coefficient (Wildman–Crippen LogP) is 2.81. The van der Waals surface area contributed by atoms with E-state index in [0.29, 0.717) is 17.8 Å². The lowest BCUT2D eigenvalue weighted by Crippen LogP contribution is -2.52. The molecule has 0 spiro atoms. The first kappa shape index (κ1) is 11.1. The number of hydrogen-bond donors (Lipinski definition) is 0. The van der Waals surface area contributed by atoms with Crippen molar-refractivity contribution in [3.8, 4) is 0 Å². The highest BCUT2D eigenvalue weighted by Crippen LogP contribution is 2.47. The van der Waals surface area contributed by atoms with Gasteiger partial charge in [0.2, 0.25) is 0 Å². The zero-order valence-corrected chi connectivity index (χ0v) is 10.2. The van der Waals surface area contributed by atoms with E-state index in [0.717, 1.165) is 12.8 Å². The fraction of sp³-hybridized carbons (Fsp3) is 0.923. The summed E-state index contributed by atoms with van der Waals surface area (Å²) >= 11 is 0. The topological polar surface area (TPSA) is 26.3 Å². The molecule has 0 aromatic rings. The lowest BCUT2D eigenvalue weighted by atomic mass is 9.61. The Labute approximate surface area is 92.4 Å². The van der Waals surface area contributed by atoms with Crippen molar-refractivity contribution in [1.29, 1.82) is 0 Å². The zero-order valence-electron chi connectivity index (χ0n) is 10.2. The first-order valence-corrected chi connectivity index (χ1v) is 6.10. The molecule has 4 atom stereocenters. The average molecular weight is 210 g/mol. The minimum absolute atomic E-state index is 0.103. The van der Waals surface area contributed by atoms with E-state index in [-0.39, 0.29) is 17.4 Å². The summed E-state index contributed by atoms with van der Waals surface area (Å²) in [5.74, 6) is 1.06. The molecule has 2 rings (SSSR count). The van der Waals surface area contributed by atoms with Gasteiger partial charge < -0.3 is 4.74 Å². The molecular weight excluding hydrogens is 188 g/mol. The van der Waals surface area contributed by atoms with Crippen molar-refractivity contribution in [3.63, 3.8) is 0 Å². The van der Waals surface area contributed by atoms with Gasteiger partial charge in [-0.2, -0.15) is 0 Å². The Kier molecular flexibility index (Phi) is 2.66. The standard InChI is InChI=1S/C13H22O2/c1-8-5-6-10-12(15-8)9(2)11(14)7-13(10,3)4/h8-10,12H,5-7H2,1-4H3. The van der Waals surface area contributed by atoms with Gasteiger partial charge >= 0.3 is 0 Å². The molecule has 2 heteroatoms. The Morgan fingerprint density at radius 2 is 1.93 bits per heavy atom. The van der Waals surface area contributed by atoms with E-state index in [4.69, 9.17) is 4.74 Å². The second kappa shape index (κ2) is 3.58. The maximum atomic E-state index is 11.9. The van der Waals surface area contributed by atoms with Crippen molar-refractivity contribution in [1.82, 2.24) is 0 Å². The number of hydrogen-bond acceptors (Lipinski definition) is 2. The van der Waals surface area contributed by atoms with Gasteiger partial charge in [0.25, 0.3) is 0 Å². The smallest absolute Gasteiger partial charge is 0.138 e. The maximum absolute atomic E-state index is 11.9. The second-order valence-corrected chi connectivity index (χ2v) is 6.02. The van der Waals surface area contributed by atoms with E-state index < -0.39 is 0 Å². The first-order valence-electron chi connectivity index (χ1n) is 6.10. The second-order valence-electron chi connectivity index (χ2n) is 6.02. The molecule has 1 aliphatic heterocycles. The Balaban J connectivity index is 2.23. The molecule has 0 aromatic heterocycles. The fourth-order valence-corrected chi connectivity index (χ4v) is 3.24. The Hall–Kier alpha value is -0.370. The van der Waals surface area contributed by atoms with Crippen molar-refractivity contribution < 1.29 is 9.53 Å². The third-order valence-corrected chi connectivity index (χ3v) is 4.30. The molecule has 1 aliphatic carbocycles. The Bertz CT molecular complexity index is 270. The predicted molar refractivity (Wildman–Crippen MR) is 59.6 cm³/mol. The first-order chi connectivity index (χ1) is 6.92. The van der Waals surface area contributed by atoms with Crippen LogP contribution in [-0.4, -0.2) is 18.0 Å². The summed E-state index contributed by atoms with van der Waals surface area (Å²) in [6.45, 7) is 8.59. The molecule has 0 aromatic carbocycles. The molecule has 2 fully saturated rings. The molecule has 2 aliphatic rings. The number of Topliss-reactive ketones (excluding diaryl/α,β-unsaturated/α-hetero) is 1. The summed E-state index contributed by atoms with van der Waals surface area (Å²) < 4.78 is 5.99. The van der Waals surface area contributed by atoms with E-state index in [2.05, 4.69) is 20.8 Å². The lowest BCUT2D eigenvalue weighted by molar-refractivity contribution is -0.166. The number of carbonyl (C=O) groups is 1. The van der Waals surface area contributed by atoms with Gasteiger partial charge in [-0.15, -0.1) is 0 Å². The fourth-order valence-electron chi connectivity index (χ4n) is 3.24. The third kappa shape index (κ3) is 1.84. The van der Waals surface area contributed by atoms with Crippen molar-refractivity contribution >= 4 is 5.78 Å². The van der Waals surface area contributed by atoms with E-state index in [1.54, 1.807) is 0 Å². The third-order valence-electron chi connectivity index (χ3n) is 4.30. The van der Waals surface area contributed by atoms with Crippen molar-refractivity contribution in [2.75, 3.05) is 0 Å². The van der Waals surface area contributed by atoms with Crippen LogP contribution in [0, 0.1) is 17.3 Å². The monoisotopic (exact) mass is 210 g/mol. The molecule has 2 nitrogen and oxygen atoms in total. The van der Waals surface area contributed by atoms with E-state index in [9.17, 15) is 4.79 Å². The Morgan fingerprint density at radius 3 is 2.60 bits per heavy atom. The molecule has 0 N–H and O–H groups in total. The summed E-state index contributed by atoms with van der Waals surface area (Å²) in [4.78, 5) is 11.9. The van der Waals surface area contributed by atoms with Gasteiger partial charge in [-0.3, -0.25) is 4.79 Å².